The largest absolute Gasteiger partial charge is 0.492 e. The van der Waals surface area contributed by atoms with E-state index >= 15 is 0 Å². The molecule has 2 rings (SSSR count). The van der Waals surface area contributed by atoms with E-state index in [1.807, 2.05) is 13.1 Å². The van der Waals surface area contributed by atoms with Crippen molar-refractivity contribution < 1.29 is 4.74 Å². The topological polar surface area (TPSA) is 39.1 Å². The van der Waals surface area contributed by atoms with Crippen LogP contribution in [0.25, 0.3) is 5.76 Å². The van der Waals surface area contributed by atoms with E-state index < -0.39 is 0 Å². The van der Waals surface area contributed by atoms with Gasteiger partial charge >= 0.3 is 0 Å². The van der Waals surface area contributed by atoms with Gasteiger partial charge < -0.3 is 14.6 Å². The molecule has 76 valence electrons. The van der Waals surface area contributed by atoms with E-state index in [1.165, 1.54) is 0 Å². The first kappa shape index (κ1) is 9.27. The standard InChI is InChI=1S/C10H15N3O/c1-3-14-8(2)9-6-12-10-7-11-4-5-13(9)10/h6,11H,2-5,7H2,1H3. The summed E-state index contributed by atoms with van der Waals surface area (Å²) in [6.07, 6.45) is 1.83. The zero-order chi connectivity index (χ0) is 9.97. The molecule has 0 fully saturated rings. The van der Waals surface area contributed by atoms with Crippen LogP contribution in [0.3, 0.4) is 0 Å². The molecule has 0 bridgehead atoms. The first-order chi connectivity index (χ1) is 6.83. The van der Waals surface area contributed by atoms with Gasteiger partial charge in [0.15, 0.2) is 0 Å². The second-order valence-electron chi connectivity index (χ2n) is 3.24. The van der Waals surface area contributed by atoms with Crippen molar-refractivity contribution >= 4 is 5.76 Å². The maximum Gasteiger partial charge on any atom is 0.137 e. The molecule has 0 unspecified atom stereocenters. The minimum Gasteiger partial charge on any atom is -0.492 e. The first-order valence-electron chi connectivity index (χ1n) is 4.90. The van der Waals surface area contributed by atoms with Gasteiger partial charge in [0.05, 0.1) is 19.3 Å². The van der Waals surface area contributed by atoms with Gasteiger partial charge in [0, 0.05) is 13.1 Å². The summed E-state index contributed by atoms with van der Waals surface area (Å²) in [5.74, 6) is 1.78. The fourth-order valence-electron chi connectivity index (χ4n) is 1.67. The smallest absolute Gasteiger partial charge is 0.137 e. The molecule has 0 aliphatic carbocycles. The molecule has 1 aliphatic rings. The third-order valence-corrected chi connectivity index (χ3v) is 2.34. The van der Waals surface area contributed by atoms with E-state index in [9.17, 15) is 0 Å². The second kappa shape index (κ2) is 3.84. The normalized spacial score (nSPS) is 14.9. The molecular formula is C10H15N3O. The fourth-order valence-corrected chi connectivity index (χ4v) is 1.67. The highest BCUT2D eigenvalue weighted by Crippen LogP contribution is 2.17. The molecular weight excluding hydrogens is 178 g/mol. The number of imidazole rings is 1. The number of hydrogen-bond acceptors (Lipinski definition) is 3. The Hall–Kier alpha value is -1.29. The van der Waals surface area contributed by atoms with Crippen molar-refractivity contribution in [2.45, 2.75) is 20.0 Å². The van der Waals surface area contributed by atoms with Crippen LogP contribution in [-0.4, -0.2) is 22.7 Å². The summed E-state index contributed by atoms with van der Waals surface area (Å²) in [4.78, 5) is 4.32. The molecule has 0 atom stereocenters. The van der Waals surface area contributed by atoms with Gasteiger partial charge in [-0.2, -0.15) is 0 Å². The number of ether oxygens (including phenoxy) is 1. The highest BCUT2D eigenvalue weighted by atomic mass is 16.5. The molecule has 0 aromatic carbocycles. The molecule has 1 N–H and O–H groups in total. The van der Waals surface area contributed by atoms with Crippen LogP contribution in [0.1, 0.15) is 18.4 Å². The van der Waals surface area contributed by atoms with Crippen LogP contribution in [-0.2, 0) is 17.8 Å². The molecule has 0 saturated heterocycles. The lowest BCUT2D eigenvalue weighted by Gasteiger charge is -2.18. The van der Waals surface area contributed by atoms with Crippen LogP contribution in [0.4, 0.5) is 0 Å². The lowest BCUT2D eigenvalue weighted by Crippen LogP contribution is -2.29. The van der Waals surface area contributed by atoms with Crippen molar-refractivity contribution in [1.29, 1.82) is 0 Å². The molecule has 4 nitrogen and oxygen atoms in total. The summed E-state index contributed by atoms with van der Waals surface area (Å²) in [6, 6.07) is 0. The number of rotatable bonds is 3. The highest BCUT2D eigenvalue weighted by Gasteiger charge is 2.15. The van der Waals surface area contributed by atoms with Gasteiger partial charge in [0.25, 0.3) is 0 Å². The Morgan fingerprint density at radius 2 is 2.64 bits per heavy atom. The van der Waals surface area contributed by atoms with Gasteiger partial charge in [-0.25, -0.2) is 4.98 Å². The Morgan fingerprint density at radius 3 is 3.43 bits per heavy atom. The lowest BCUT2D eigenvalue weighted by molar-refractivity contribution is 0.295. The van der Waals surface area contributed by atoms with Crippen LogP contribution < -0.4 is 5.32 Å². The average molecular weight is 193 g/mol. The first-order valence-corrected chi connectivity index (χ1v) is 4.90. The molecule has 0 amide bonds. The van der Waals surface area contributed by atoms with E-state index in [4.69, 9.17) is 4.74 Å². The number of fused-ring (bicyclic) bond motifs is 1. The molecule has 4 heteroatoms. The van der Waals surface area contributed by atoms with Crippen molar-refractivity contribution in [3.8, 4) is 0 Å². The van der Waals surface area contributed by atoms with Crippen molar-refractivity contribution in [1.82, 2.24) is 14.9 Å². The molecule has 2 heterocycles. The minimum atomic E-state index is 0.650. The SMILES string of the molecule is C=C(OCC)c1cnc2n1CCNC2. The number of nitrogens with one attached hydrogen (secondary N) is 1. The number of nitrogens with zero attached hydrogens (tertiary/aromatic N) is 2. The van der Waals surface area contributed by atoms with Crippen LogP contribution in [0, 0.1) is 0 Å². The maximum absolute atomic E-state index is 5.38. The molecule has 14 heavy (non-hydrogen) atoms. The summed E-state index contributed by atoms with van der Waals surface area (Å²) < 4.78 is 7.54. The lowest BCUT2D eigenvalue weighted by atomic mass is 10.3. The molecule has 0 saturated carbocycles. The Bertz CT molecular complexity index is 343. The monoisotopic (exact) mass is 193 g/mol. The molecule has 1 aromatic rings. The van der Waals surface area contributed by atoms with Gasteiger partial charge in [-0.3, -0.25) is 0 Å². The summed E-state index contributed by atoms with van der Waals surface area (Å²) >= 11 is 0. The van der Waals surface area contributed by atoms with Crippen LogP contribution in [0.5, 0.6) is 0 Å². The van der Waals surface area contributed by atoms with E-state index in [0.29, 0.717) is 12.4 Å². The minimum absolute atomic E-state index is 0.650. The number of aromatic nitrogens is 2. The zero-order valence-electron chi connectivity index (χ0n) is 8.42. The molecule has 0 spiro atoms. The van der Waals surface area contributed by atoms with Gasteiger partial charge in [0.2, 0.25) is 0 Å². The maximum atomic E-state index is 5.38. The summed E-state index contributed by atoms with van der Waals surface area (Å²) in [5.41, 5.74) is 1.00. The van der Waals surface area contributed by atoms with E-state index in [-0.39, 0.29) is 0 Å². The second-order valence-corrected chi connectivity index (χ2v) is 3.24. The van der Waals surface area contributed by atoms with E-state index in [2.05, 4.69) is 21.4 Å². The third-order valence-electron chi connectivity index (χ3n) is 2.34. The van der Waals surface area contributed by atoms with E-state index in [0.717, 1.165) is 31.2 Å². The van der Waals surface area contributed by atoms with Crippen molar-refractivity contribution in [3.63, 3.8) is 0 Å². The summed E-state index contributed by atoms with van der Waals surface area (Å²) in [5, 5.41) is 3.27. The summed E-state index contributed by atoms with van der Waals surface area (Å²) in [7, 11) is 0. The average Bonchev–Trinajstić information content (AvgIpc) is 2.61. The molecule has 1 aromatic heterocycles. The fraction of sp³-hybridized carbons (Fsp3) is 0.500. The van der Waals surface area contributed by atoms with Crippen molar-refractivity contribution in [2.24, 2.45) is 0 Å². The van der Waals surface area contributed by atoms with Gasteiger partial charge in [-0.05, 0) is 6.92 Å². The predicted octanol–water partition coefficient (Wildman–Crippen LogP) is 0.994. The third kappa shape index (κ3) is 1.53. The van der Waals surface area contributed by atoms with Crippen LogP contribution >= 0.6 is 0 Å². The van der Waals surface area contributed by atoms with Crippen molar-refractivity contribution in [2.75, 3.05) is 13.2 Å². The van der Waals surface area contributed by atoms with Gasteiger partial charge in [-0.15, -0.1) is 0 Å². The van der Waals surface area contributed by atoms with Crippen LogP contribution in [0.2, 0.25) is 0 Å². The van der Waals surface area contributed by atoms with Crippen LogP contribution in [0.15, 0.2) is 12.8 Å². The quantitative estimate of drug-likeness (QED) is 0.728. The Morgan fingerprint density at radius 1 is 1.79 bits per heavy atom. The molecule has 1 aliphatic heterocycles. The summed E-state index contributed by atoms with van der Waals surface area (Å²) in [6.45, 7) is 9.26. The predicted molar refractivity (Wildman–Crippen MR) is 54.6 cm³/mol. The number of hydrogen-bond donors (Lipinski definition) is 1. The Labute approximate surface area is 83.6 Å². The molecule has 0 radical (unpaired) electrons. The van der Waals surface area contributed by atoms with E-state index in [1.54, 1.807) is 0 Å². The zero-order valence-corrected chi connectivity index (χ0v) is 8.42. The van der Waals surface area contributed by atoms with Crippen molar-refractivity contribution in [3.05, 3.63) is 24.3 Å². The highest BCUT2D eigenvalue weighted by molar-refractivity contribution is 5.53. The van der Waals surface area contributed by atoms with Gasteiger partial charge in [-0.1, -0.05) is 6.58 Å². The Kier molecular flexibility index (Phi) is 2.54. The van der Waals surface area contributed by atoms with Gasteiger partial charge in [0.1, 0.15) is 17.3 Å². The Balaban J connectivity index is 2.25.